The largest absolute Gasteiger partial charge is 0.417 e. The summed E-state index contributed by atoms with van der Waals surface area (Å²) in [5.41, 5.74) is -0.905. The second-order valence-electron chi connectivity index (χ2n) is 6.21. The van der Waals surface area contributed by atoms with E-state index >= 15 is 0 Å². The number of hydrogen-bond donors (Lipinski definition) is 1. The highest BCUT2D eigenvalue weighted by Gasteiger charge is 2.38. The average molecular weight is 363 g/mol. The third-order valence-electron chi connectivity index (χ3n) is 3.75. The minimum absolute atomic E-state index is 0.0199. The number of anilines is 1. The molecule has 2 amide bonds. The number of alkyl halides is 3. The highest BCUT2D eigenvalue weighted by Crippen LogP contribution is 2.38. The van der Waals surface area contributed by atoms with E-state index in [0.29, 0.717) is 6.54 Å². The van der Waals surface area contributed by atoms with Crippen LogP contribution in [0, 0.1) is 11.8 Å². The van der Waals surface area contributed by atoms with Crippen molar-refractivity contribution in [3.8, 4) is 0 Å². The van der Waals surface area contributed by atoms with Gasteiger partial charge >= 0.3 is 6.18 Å². The lowest BCUT2D eigenvalue weighted by atomic mass is 10.1. The Labute approximate surface area is 143 Å². The Morgan fingerprint density at radius 1 is 1.42 bits per heavy atom. The number of rotatable bonds is 4. The summed E-state index contributed by atoms with van der Waals surface area (Å²) in [6.45, 7) is 4.43. The van der Waals surface area contributed by atoms with Crippen LogP contribution in [0.3, 0.4) is 0 Å². The molecule has 1 saturated heterocycles. The summed E-state index contributed by atoms with van der Waals surface area (Å²) in [7, 11) is 0. The summed E-state index contributed by atoms with van der Waals surface area (Å²) < 4.78 is 38.8. The van der Waals surface area contributed by atoms with Gasteiger partial charge in [0.05, 0.1) is 16.5 Å². The van der Waals surface area contributed by atoms with Crippen molar-refractivity contribution in [3.05, 3.63) is 28.8 Å². The van der Waals surface area contributed by atoms with Crippen molar-refractivity contribution in [2.45, 2.75) is 26.4 Å². The lowest BCUT2D eigenvalue weighted by molar-refractivity contribution is -0.137. The molecular formula is C16H18ClF3N2O2. The van der Waals surface area contributed by atoms with Crippen LogP contribution in [-0.2, 0) is 15.8 Å². The summed E-state index contributed by atoms with van der Waals surface area (Å²) in [4.78, 5) is 25.4. The van der Waals surface area contributed by atoms with Crippen molar-refractivity contribution < 1.29 is 22.8 Å². The lowest BCUT2D eigenvalue weighted by Gasteiger charge is -2.19. The van der Waals surface area contributed by atoms with Gasteiger partial charge in [-0.1, -0.05) is 25.4 Å². The van der Waals surface area contributed by atoms with Crippen molar-refractivity contribution in [1.82, 2.24) is 5.32 Å². The van der Waals surface area contributed by atoms with E-state index < -0.39 is 22.7 Å². The molecule has 0 aliphatic carbocycles. The Morgan fingerprint density at radius 2 is 2.08 bits per heavy atom. The van der Waals surface area contributed by atoms with E-state index in [1.807, 2.05) is 13.8 Å². The van der Waals surface area contributed by atoms with Gasteiger partial charge in [0.25, 0.3) is 0 Å². The van der Waals surface area contributed by atoms with Gasteiger partial charge in [-0.05, 0) is 24.1 Å². The second kappa shape index (κ2) is 7.01. The van der Waals surface area contributed by atoms with Crippen LogP contribution in [0.5, 0.6) is 0 Å². The molecule has 0 bridgehead atoms. The maximum atomic E-state index is 12.9. The molecule has 0 aromatic heterocycles. The van der Waals surface area contributed by atoms with E-state index in [-0.39, 0.29) is 36.4 Å². The zero-order valence-electron chi connectivity index (χ0n) is 13.3. The summed E-state index contributed by atoms with van der Waals surface area (Å²) in [6, 6.07) is 3.30. The van der Waals surface area contributed by atoms with E-state index in [9.17, 15) is 22.8 Å². The third-order valence-corrected chi connectivity index (χ3v) is 4.08. The molecule has 1 atom stereocenters. The number of hydrogen-bond acceptors (Lipinski definition) is 2. The second-order valence-corrected chi connectivity index (χ2v) is 6.61. The van der Waals surface area contributed by atoms with Crippen LogP contribution in [0.2, 0.25) is 5.02 Å². The quantitative estimate of drug-likeness (QED) is 0.891. The van der Waals surface area contributed by atoms with Gasteiger partial charge < -0.3 is 10.2 Å². The van der Waals surface area contributed by atoms with Crippen molar-refractivity contribution in [3.63, 3.8) is 0 Å². The fraction of sp³-hybridized carbons (Fsp3) is 0.500. The molecule has 1 aromatic carbocycles. The number of nitrogens with zero attached hydrogens (tertiary/aromatic N) is 1. The summed E-state index contributed by atoms with van der Waals surface area (Å²) >= 11 is 5.59. The minimum atomic E-state index is -4.61. The van der Waals surface area contributed by atoms with Crippen molar-refractivity contribution >= 4 is 29.1 Å². The lowest BCUT2D eigenvalue weighted by Crippen LogP contribution is -2.35. The summed E-state index contributed by atoms with van der Waals surface area (Å²) in [5, 5.41) is 2.32. The van der Waals surface area contributed by atoms with Gasteiger partial charge in [0, 0.05) is 25.2 Å². The first-order chi connectivity index (χ1) is 11.1. The molecular weight excluding hydrogens is 345 g/mol. The molecule has 1 unspecified atom stereocenters. The highest BCUT2D eigenvalue weighted by molar-refractivity contribution is 6.31. The molecule has 1 fully saturated rings. The van der Waals surface area contributed by atoms with Crippen LogP contribution in [0.25, 0.3) is 0 Å². The Hall–Kier alpha value is -1.76. The van der Waals surface area contributed by atoms with Crippen LogP contribution in [-0.4, -0.2) is 24.9 Å². The molecule has 1 aliphatic heterocycles. The van der Waals surface area contributed by atoms with Crippen molar-refractivity contribution in [2.75, 3.05) is 18.0 Å². The molecule has 1 N–H and O–H groups in total. The number of halogens is 4. The summed E-state index contributed by atoms with van der Waals surface area (Å²) in [6.07, 6.45) is -4.63. The number of carbonyl (C=O) groups excluding carboxylic acids is 2. The Kier molecular flexibility index (Phi) is 5.42. The predicted octanol–water partition coefficient (Wildman–Crippen LogP) is 3.48. The summed E-state index contributed by atoms with van der Waals surface area (Å²) in [5.74, 6) is -0.936. The van der Waals surface area contributed by atoms with Crippen LogP contribution in [0.4, 0.5) is 18.9 Å². The molecule has 2 rings (SSSR count). The molecule has 0 saturated carbocycles. The van der Waals surface area contributed by atoms with E-state index in [1.165, 1.54) is 11.0 Å². The van der Waals surface area contributed by atoms with Gasteiger partial charge in [0.1, 0.15) is 0 Å². The van der Waals surface area contributed by atoms with E-state index in [4.69, 9.17) is 11.6 Å². The fourth-order valence-corrected chi connectivity index (χ4v) is 2.70. The number of benzene rings is 1. The van der Waals surface area contributed by atoms with Crippen molar-refractivity contribution in [1.29, 1.82) is 0 Å². The van der Waals surface area contributed by atoms with Gasteiger partial charge in [0.15, 0.2) is 0 Å². The topological polar surface area (TPSA) is 49.4 Å². The predicted molar refractivity (Wildman–Crippen MR) is 84.8 cm³/mol. The zero-order valence-corrected chi connectivity index (χ0v) is 14.0. The van der Waals surface area contributed by atoms with E-state index in [1.54, 1.807) is 0 Å². The van der Waals surface area contributed by atoms with Crippen LogP contribution >= 0.6 is 11.6 Å². The number of amides is 2. The molecule has 132 valence electrons. The zero-order chi connectivity index (χ0) is 18.1. The molecule has 24 heavy (non-hydrogen) atoms. The van der Waals surface area contributed by atoms with E-state index in [0.717, 1.165) is 12.1 Å². The van der Waals surface area contributed by atoms with Gasteiger partial charge in [-0.15, -0.1) is 0 Å². The van der Waals surface area contributed by atoms with Crippen molar-refractivity contribution in [2.24, 2.45) is 11.8 Å². The normalized spacial score (nSPS) is 18.4. The Morgan fingerprint density at radius 3 is 2.67 bits per heavy atom. The molecule has 0 radical (unpaired) electrons. The van der Waals surface area contributed by atoms with Gasteiger partial charge in [0.2, 0.25) is 11.8 Å². The number of carbonyl (C=O) groups is 2. The van der Waals surface area contributed by atoms with Gasteiger partial charge in [-0.25, -0.2) is 0 Å². The minimum Gasteiger partial charge on any atom is -0.356 e. The van der Waals surface area contributed by atoms with Crippen LogP contribution in [0.1, 0.15) is 25.8 Å². The monoisotopic (exact) mass is 362 g/mol. The molecule has 1 aromatic rings. The Bertz CT molecular complexity index is 647. The average Bonchev–Trinajstić information content (AvgIpc) is 2.86. The molecule has 0 spiro atoms. The van der Waals surface area contributed by atoms with Gasteiger partial charge in [-0.3, -0.25) is 9.59 Å². The van der Waals surface area contributed by atoms with Crippen LogP contribution in [0.15, 0.2) is 18.2 Å². The number of nitrogens with one attached hydrogen (secondary N) is 1. The maximum absolute atomic E-state index is 12.9. The first kappa shape index (κ1) is 18.6. The Balaban J connectivity index is 2.16. The molecule has 8 heteroatoms. The first-order valence-corrected chi connectivity index (χ1v) is 7.92. The first-order valence-electron chi connectivity index (χ1n) is 7.54. The fourth-order valence-electron chi connectivity index (χ4n) is 2.48. The van der Waals surface area contributed by atoms with E-state index in [2.05, 4.69) is 5.32 Å². The van der Waals surface area contributed by atoms with Crippen LogP contribution < -0.4 is 10.2 Å². The molecule has 1 heterocycles. The maximum Gasteiger partial charge on any atom is 0.417 e. The SMILES string of the molecule is CC(C)CNC(=O)C1CC(=O)N(c2ccc(Cl)c(C(F)(F)F)c2)C1. The standard InChI is InChI=1S/C16H18ClF3N2O2/c1-9(2)7-21-15(24)10-5-14(23)22(8-10)11-3-4-13(17)12(6-11)16(18,19)20/h3-4,6,9-10H,5,7-8H2,1-2H3,(H,21,24). The van der Waals surface area contributed by atoms with Gasteiger partial charge in [-0.2, -0.15) is 13.2 Å². The third kappa shape index (κ3) is 4.20. The molecule has 1 aliphatic rings. The smallest absolute Gasteiger partial charge is 0.356 e. The molecule has 4 nitrogen and oxygen atoms in total. The highest BCUT2D eigenvalue weighted by atomic mass is 35.5.